The SMILES string of the molecule is Cc1cc(Br)c2nc(C3COC3)n(C)c(=O)c2c1. The van der Waals surface area contributed by atoms with Crippen LogP contribution in [0.4, 0.5) is 0 Å². The number of ether oxygens (including phenoxy) is 1. The summed E-state index contributed by atoms with van der Waals surface area (Å²) in [5.74, 6) is 1.05. The lowest BCUT2D eigenvalue weighted by atomic mass is 10.1. The summed E-state index contributed by atoms with van der Waals surface area (Å²) >= 11 is 3.49. The van der Waals surface area contributed by atoms with Crippen LogP contribution in [0.2, 0.25) is 0 Å². The smallest absolute Gasteiger partial charge is 0.261 e. The maximum absolute atomic E-state index is 12.4. The fourth-order valence-electron chi connectivity index (χ4n) is 2.24. The first-order valence-corrected chi connectivity index (χ1v) is 6.61. The Morgan fingerprint density at radius 2 is 2.17 bits per heavy atom. The Kier molecular flexibility index (Phi) is 2.75. The van der Waals surface area contributed by atoms with Gasteiger partial charge in [0, 0.05) is 11.5 Å². The van der Waals surface area contributed by atoms with Crippen LogP contribution in [0.25, 0.3) is 10.9 Å². The molecule has 0 bridgehead atoms. The molecule has 0 atom stereocenters. The van der Waals surface area contributed by atoms with Crippen LogP contribution >= 0.6 is 15.9 Å². The van der Waals surface area contributed by atoms with E-state index in [0.29, 0.717) is 18.6 Å². The average Bonchev–Trinajstić information content (AvgIpc) is 2.24. The van der Waals surface area contributed by atoms with Crippen LogP contribution in [-0.4, -0.2) is 22.8 Å². The molecular formula is C13H13BrN2O2. The lowest BCUT2D eigenvalue weighted by Crippen LogP contribution is -2.33. The lowest BCUT2D eigenvalue weighted by molar-refractivity contribution is 0.00340. The number of fused-ring (bicyclic) bond motifs is 1. The second-order valence-corrected chi connectivity index (χ2v) is 5.57. The fraction of sp³-hybridized carbons (Fsp3) is 0.385. The van der Waals surface area contributed by atoms with Crippen molar-refractivity contribution in [1.82, 2.24) is 9.55 Å². The molecule has 5 heteroatoms. The minimum Gasteiger partial charge on any atom is -0.380 e. The molecule has 0 unspecified atom stereocenters. The van der Waals surface area contributed by atoms with Gasteiger partial charge in [-0.3, -0.25) is 9.36 Å². The number of nitrogens with zero attached hydrogens (tertiary/aromatic N) is 2. The van der Waals surface area contributed by atoms with E-state index in [4.69, 9.17) is 4.74 Å². The molecule has 1 aromatic carbocycles. The molecule has 0 radical (unpaired) electrons. The second-order valence-electron chi connectivity index (χ2n) is 4.71. The second kappa shape index (κ2) is 4.17. The standard InChI is InChI=1S/C13H13BrN2O2/c1-7-3-9-11(10(14)4-7)15-12(8-5-18-6-8)16(2)13(9)17/h3-4,8H,5-6H2,1-2H3. The summed E-state index contributed by atoms with van der Waals surface area (Å²) in [6.07, 6.45) is 0. The largest absolute Gasteiger partial charge is 0.380 e. The molecule has 18 heavy (non-hydrogen) atoms. The van der Waals surface area contributed by atoms with E-state index in [2.05, 4.69) is 20.9 Å². The van der Waals surface area contributed by atoms with Crippen LogP contribution in [0, 0.1) is 6.92 Å². The maximum Gasteiger partial charge on any atom is 0.261 e. The molecule has 0 amide bonds. The van der Waals surface area contributed by atoms with Gasteiger partial charge in [-0.15, -0.1) is 0 Å². The summed E-state index contributed by atoms with van der Waals surface area (Å²) in [7, 11) is 1.78. The minimum atomic E-state index is 0.00583. The third kappa shape index (κ3) is 1.69. The summed E-state index contributed by atoms with van der Waals surface area (Å²) in [6.45, 7) is 3.27. The fourth-order valence-corrected chi connectivity index (χ4v) is 2.90. The van der Waals surface area contributed by atoms with Crippen molar-refractivity contribution in [3.05, 3.63) is 38.3 Å². The number of rotatable bonds is 1. The van der Waals surface area contributed by atoms with E-state index in [0.717, 1.165) is 21.4 Å². The van der Waals surface area contributed by atoms with Crippen LogP contribution in [0.15, 0.2) is 21.4 Å². The minimum absolute atomic E-state index is 0.00583. The van der Waals surface area contributed by atoms with E-state index in [1.807, 2.05) is 19.1 Å². The van der Waals surface area contributed by atoms with E-state index in [-0.39, 0.29) is 11.5 Å². The number of aromatic nitrogens is 2. The van der Waals surface area contributed by atoms with Gasteiger partial charge in [-0.1, -0.05) is 0 Å². The first-order valence-electron chi connectivity index (χ1n) is 5.82. The van der Waals surface area contributed by atoms with Crippen LogP contribution in [0.1, 0.15) is 17.3 Å². The van der Waals surface area contributed by atoms with Crippen molar-refractivity contribution in [3.8, 4) is 0 Å². The van der Waals surface area contributed by atoms with Crippen LogP contribution in [-0.2, 0) is 11.8 Å². The highest BCUT2D eigenvalue weighted by Gasteiger charge is 2.25. The monoisotopic (exact) mass is 308 g/mol. The van der Waals surface area contributed by atoms with Crippen molar-refractivity contribution in [2.24, 2.45) is 7.05 Å². The van der Waals surface area contributed by atoms with Gasteiger partial charge in [-0.25, -0.2) is 4.98 Å². The molecule has 0 saturated carbocycles. The van der Waals surface area contributed by atoms with Gasteiger partial charge < -0.3 is 4.74 Å². The predicted molar refractivity (Wildman–Crippen MR) is 73.0 cm³/mol. The number of hydrogen-bond donors (Lipinski definition) is 0. The molecule has 2 heterocycles. The van der Waals surface area contributed by atoms with E-state index < -0.39 is 0 Å². The van der Waals surface area contributed by atoms with E-state index >= 15 is 0 Å². The van der Waals surface area contributed by atoms with Crippen LogP contribution < -0.4 is 5.56 Å². The Balaban J connectivity index is 2.35. The highest BCUT2D eigenvalue weighted by Crippen LogP contribution is 2.26. The molecule has 1 fully saturated rings. The quantitative estimate of drug-likeness (QED) is 0.810. The Morgan fingerprint density at radius 3 is 2.78 bits per heavy atom. The number of hydrogen-bond acceptors (Lipinski definition) is 3. The van der Waals surface area contributed by atoms with Gasteiger partial charge in [0.1, 0.15) is 5.82 Å². The number of aryl methyl sites for hydroxylation is 1. The van der Waals surface area contributed by atoms with Gasteiger partial charge in [0.05, 0.1) is 30.0 Å². The van der Waals surface area contributed by atoms with E-state index in [9.17, 15) is 4.79 Å². The van der Waals surface area contributed by atoms with Crippen molar-refractivity contribution >= 4 is 26.8 Å². The third-order valence-electron chi connectivity index (χ3n) is 3.32. The molecule has 1 aliphatic heterocycles. The third-order valence-corrected chi connectivity index (χ3v) is 3.92. The molecular weight excluding hydrogens is 296 g/mol. The molecule has 1 aromatic heterocycles. The molecule has 3 rings (SSSR count). The summed E-state index contributed by atoms with van der Waals surface area (Å²) in [6, 6.07) is 3.87. The van der Waals surface area contributed by atoms with Crippen molar-refractivity contribution in [2.45, 2.75) is 12.8 Å². The lowest BCUT2D eigenvalue weighted by Gasteiger charge is -2.27. The van der Waals surface area contributed by atoms with E-state index in [1.165, 1.54) is 0 Å². The van der Waals surface area contributed by atoms with E-state index in [1.54, 1.807) is 11.6 Å². The Labute approximate surface area is 113 Å². The van der Waals surface area contributed by atoms with Gasteiger partial charge in [-0.05, 0) is 40.5 Å². The normalized spacial score (nSPS) is 15.9. The average molecular weight is 309 g/mol. The van der Waals surface area contributed by atoms with Crippen molar-refractivity contribution < 1.29 is 4.74 Å². The Bertz CT molecular complexity index is 689. The highest BCUT2D eigenvalue weighted by atomic mass is 79.9. The van der Waals surface area contributed by atoms with Gasteiger partial charge in [-0.2, -0.15) is 0 Å². The summed E-state index contributed by atoms with van der Waals surface area (Å²) in [5.41, 5.74) is 1.80. The van der Waals surface area contributed by atoms with Crippen molar-refractivity contribution in [2.75, 3.05) is 13.2 Å². The van der Waals surface area contributed by atoms with Gasteiger partial charge in [0.2, 0.25) is 0 Å². The molecule has 4 nitrogen and oxygen atoms in total. The van der Waals surface area contributed by atoms with Gasteiger partial charge in [0.25, 0.3) is 5.56 Å². The van der Waals surface area contributed by atoms with Crippen molar-refractivity contribution in [3.63, 3.8) is 0 Å². The molecule has 94 valence electrons. The summed E-state index contributed by atoms with van der Waals surface area (Å²) in [5, 5.41) is 0.661. The molecule has 2 aromatic rings. The zero-order valence-corrected chi connectivity index (χ0v) is 11.8. The number of halogens is 1. The van der Waals surface area contributed by atoms with Crippen molar-refractivity contribution in [1.29, 1.82) is 0 Å². The van der Waals surface area contributed by atoms with Gasteiger partial charge in [0.15, 0.2) is 0 Å². The van der Waals surface area contributed by atoms with Crippen LogP contribution in [0.5, 0.6) is 0 Å². The number of benzene rings is 1. The summed E-state index contributed by atoms with van der Waals surface area (Å²) in [4.78, 5) is 17.0. The van der Waals surface area contributed by atoms with Gasteiger partial charge >= 0.3 is 0 Å². The predicted octanol–water partition coefficient (Wildman–Crippen LogP) is 2.12. The van der Waals surface area contributed by atoms with Crippen LogP contribution in [0.3, 0.4) is 0 Å². The Morgan fingerprint density at radius 1 is 1.44 bits per heavy atom. The first kappa shape index (κ1) is 11.9. The zero-order valence-electron chi connectivity index (χ0n) is 10.2. The maximum atomic E-state index is 12.4. The molecule has 1 aliphatic rings. The Hall–Kier alpha value is -1.20. The molecule has 0 spiro atoms. The molecule has 1 saturated heterocycles. The highest BCUT2D eigenvalue weighted by molar-refractivity contribution is 9.10. The molecule has 0 aliphatic carbocycles. The topological polar surface area (TPSA) is 44.1 Å². The summed E-state index contributed by atoms with van der Waals surface area (Å²) < 4.78 is 7.69. The zero-order chi connectivity index (χ0) is 12.9. The molecule has 0 N–H and O–H groups in total. The first-order chi connectivity index (χ1) is 8.58.